The number of nitro benzene ring substituents is 1. The molecular formula is C16H12F3N3O5. The van der Waals surface area contributed by atoms with Crippen LogP contribution in [-0.4, -0.2) is 29.3 Å². The lowest BCUT2D eigenvalue weighted by Gasteiger charge is -2.11. The number of ether oxygens (including phenoxy) is 1. The van der Waals surface area contributed by atoms with Crippen LogP contribution in [0.4, 0.5) is 18.9 Å². The maximum absolute atomic E-state index is 12.9. The summed E-state index contributed by atoms with van der Waals surface area (Å²) in [5.41, 5.74) is -0.428. The van der Waals surface area contributed by atoms with E-state index in [0.717, 1.165) is 30.5 Å². The molecule has 0 unspecified atom stereocenters. The molecule has 142 valence electrons. The lowest BCUT2D eigenvalue weighted by atomic mass is 10.1. The van der Waals surface area contributed by atoms with Crippen molar-refractivity contribution in [2.45, 2.75) is 6.18 Å². The summed E-state index contributed by atoms with van der Waals surface area (Å²) in [6.45, 7) is 0. The Morgan fingerprint density at radius 3 is 2.59 bits per heavy atom. The molecule has 1 amide bonds. The van der Waals surface area contributed by atoms with Gasteiger partial charge >= 0.3 is 11.9 Å². The second kappa shape index (κ2) is 7.72. The number of methoxy groups -OCH3 is 1. The van der Waals surface area contributed by atoms with Crippen LogP contribution in [0.25, 0.3) is 0 Å². The molecule has 0 radical (unpaired) electrons. The lowest BCUT2D eigenvalue weighted by molar-refractivity contribution is -0.386. The third-order valence-corrected chi connectivity index (χ3v) is 3.35. The van der Waals surface area contributed by atoms with Crippen LogP contribution in [-0.2, 0) is 6.18 Å². The van der Waals surface area contributed by atoms with Crippen LogP contribution in [0.3, 0.4) is 0 Å². The normalized spacial score (nSPS) is 11.4. The molecule has 2 aromatic rings. The van der Waals surface area contributed by atoms with Crippen LogP contribution >= 0.6 is 0 Å². The number of nitrogens with one attached hydrogen (secondary N) is 1. The highest BCUT2D eigenvalue weighted by atomic mass is 19.4. The summed E-state index contributed by atoms with van der Waals surface area (Å²) in [4.78, 5) is 22.0. The molecule has 0 aromatic heterocycles. The van der Waals surface area contributed by atoms with Crippen LogP contribution in [0.2, 0.25) is 0 Å². The Morgan fingerprint density at radius 2 is 2.00 bits per heavy atom. The molecule has 0 fully saturated rings. The minimum absolute atomic E-state index is 0.0701. The van der Waals surface area contributed by atoms with Crippen LogP contribution in [0.5, 0.6) is 11.5 Å². The predicted molar refractivity (Wildman–Crippen MR) is 87.8 cm³/mol. The number of hydrogen-bond acceptors (Lipinski definition) is 6. The number of carbonyl (C=O) groups is 1. The fourth-order valence-corrected chi connectivity index (χ4v) is 2.14. The van der Waals surface area contributed by atoms with E-state index in [1.807, 2.05) is 5.43 Å². The van der Waals surface area contributed by atoms with E-state index in [-0.39, 0.29) is 11.3 Å². The number of phenols is 1. The van der Waals surface area contributed by atoms with E-state index in [1.54, 1.807) is 0 Å². The Hall–Kier alpha value is -3.63. The van der Waals surface area contributed by atoms with Crippen LogP contribution in [0.15, 0.2) is 41.5 Å². The molecule has 2 N–H and O–H groups in total. The van der Waals surface area contributed by atoms with Crippen LogP contribution in [0, 0.1) is 10.1 Å². The van der Waals surface area contributed by atoms with Gasteiger partial charge in [-0.25, -0.2) is 5.43 Å². The van der Waals surface area contributed by atoms with Crippen molar-refractivity contribution in [2.75, 3.05) is 7.11 Å². The highest BCUT2D eigenvalue weighted by Crippen LogP contribution is 2.36. The van der Waals surface area contributed by atoms with Crippen molar-refractivity contribution in [3.63, 3.8) is 0 Å². The summed E-state index contributed by atoms with van der Waals surface area (Å²) in [6, 6.07) is 6.31. The van der Waals surface area contributed by atoms with Crippen molar-refractivity contribution in [1.82, 2.24) is 5.43 Å². The minimum atomic E-state index is -4.72. The first-order valence-electron chi connectivity index (χ1n) is 7.20. The summed E-state index contributed by atoms with van der Waals surface area (Å²) in [6.07, 6.45) is -3.76. The van der Waals surface area contributed by atoms with Gasteiger partial charge in [-0.15, -0.1) is 0 Å². The number of hydrogen-bond donors (Lipinski definition) is 2. The molecule has 0 aliphatic heterocycles. The zero-order chi connectivity index (χ0) is 20.2. The first kappa shape index (κ1) is 19.7. The monoisotopic (exact) mass is 383 g/mol. The van der Waals surface area contributed by atoms with Crippen molar-refractivity contribution < 1.29 is 32.7 Å². The van der Waals surface area contributed by atoms with Gasteiger partial charge in [0.05, 0.1) is 29.4 Å². The second-order valence-corrected chi connectivity index (χ2v) is 5.09. The third kappa shape index (κ3) is 4.51. The molecule has 0 spiro atoms. The second-order valence-electron chi connectivity index (χ2n) is 5.09. The van der Waals surface area contributed by atoms with Gasteiger partial charge < -0.3 is 9.84 Å². The van der Waals surface area contributed by atoms with Crippen LogP contribution in [0.1, 0.15) is 21.5 Å². The topological polar surface area (TPSA) is 114 Å². The predicted octanol–water partition coefficient (Wildman–Crippen LogP) is 3.09. The summed E-state index contributed by atoms with van der Waals surface area (Å²) in [7, 11) is 1.18. The quantitative estimate of drug-likeness (QED) is 0.468. The SMILES string of the molecule is COc1cc(/C=N/NC(=O)c2ccccc2C(F)(F)F)cc([N+](=O)[O-])c1O. The molecule has 11 heteroatoms. The van der Waals surface area contributed by atoms with Gasteiger partial charge in [-0.05, 0) is 18.2 Å². The standard InChI is InChI=1S/C16H12F3N3O5/c1-27-13-7-9(6-12(14(13)23)22(25)26)8-20-21-15(24)10-4-2-3-5-11(10)16(17,18)19/h2-8,23H,1H3,(H,21,24)/b20-8+. The van der Waals surface area contributed by atoms with Crippen molar-refractivity contribution in [1.29, 1.82) is 0 Å². The van der Waals surface area contributed by atoms with Crippen molar-refractivity contribution in [3.8, 4) is 11.5 Å². The highest BCUT2D eigenvalue weighted by Gasteiger charge is 2.34. The molecular weight excluding hydrogens is 371 g/mol. The van der Waals surface area contributed by atoms with Gasteiger partial charge in [-0.3, -0.25) is 14.9 Å². The molecule has 0 saturated heterocycles. The van der Waals surface area contributed by atoms with E-state index < -0.39 is 39.6 Å². The lowest BCUT2D eigenvalue weighted by Crippen LogP contribution is -2.22. The molecule has 0 aliphatic rings. The van der Waals surface area contributed by atoms with Gasteiger partial charge in [0, 0.05) is 11.6 Å². The molecule has 2 aromatic carbocycles. The fourth-order valence-electron chi connectivity index (χ4n) is 2.14. The number of benzene rings is 2. The van der Waals surface area contributed by atoms with Gasteiger partial charge in [0.15, 0.2) is 5.75 Å². The molecule has 2 rings (SSSR count). The molecule has 8 nitrogen and oxygen atoms in total. The molecule has 0 heterocycles. The maximum Gasteiger partial charge on any atom is 0.417 e. The third-order valence-electron chi connectivity index (χ3n) is 3.35. The van der Waals surface area contributed by atoms with Crippen molar-refractivity contribution in [2.24, 2.45) is 5.10 Å². The van der Waals surface area contributed by atoms with E-state index in [9.17, 15) is 33.2 Å². The Balaban J connectivity index is 2.25. The summed E-state index contributed by atoms with van der Waals surface area (Å²) in [5, 5.41) is 24.1. The van der Waals surface area contributed by atoms with E-state index in [4.69, 9.17) is 4.74 Å². The van der Waals surface area contributed by atoms with Crippen LogP contribution < -0.4 is 10.2 Å². The number of carbonyl (C=O) groups excluding carboxylic acids is 1. The number of phenolic OH excluding ortho intramolecular Hbond substituents is 1. The summed E-state index contributed by atoms with van der Waals surface area (Å²) in [5.74, 6) is -2.01. The Morgan fingerprint density at radius 1 is 1.33 bits per heavy atom. The number of alkyl halides is 3. The van der Waals surface area contributed by atoms with Crippen molar-refractivity contribution in [3.05, 3.63) is 63.2 Å². The largest absolute Gasteiger partial charge is 0.500 e. The number of nitrogens with zero attached hydrogens (tertiary/aromatic N) is 2. The Kier molecular flexibility index (Phi) is 5.63. The van der Waals surface area contributed by atoms with Gasteiger partial charge in [0.2, 0.25) is 5.75 Å². The van der Waals surface area contributed by atoms with E-state index >= 15 is 0 Å². The summed E-state index contributed by atoms with van der Waals surface area (Å²) >= 11 is 0. The number of hydrazone groups is 1. The highest BCUT2D eigenvalue weighted by molar-refractivity contribution is 5.96. The molecule has 0 aliphatic carbocycles. The zero-order valence-electron chi connectivity index (χ0n) is 13.6. The Bertz CT molecular complexity index is 913. The van der Waals surface area contributed by atoms with Crippen molar-refractivity contribution >= 4 is 17.8 Å². The van der Waals surface area contributed by atoms with Gasteiger partial charge in [-0.1, -0.05) is 12.1 Å². The van der Waals surface area contributed by atoms with E-state index in [2.05, 4.69) is 5.10 Å². The van der Waals surface area contributed by atoms with E-state index in [1.165, 1.54) is 19.2 Å². The number of amides is 1. The average Bonchev–Trinajstić information content (AvgIpc) is 2.61. The number of rotatable bonds is 5. The molecule has 0 bridgehead atoms. The van der Waals surface area contributed by atoms with Gasteiger partial charge in [0.1, 0.15) is 0 Å². The number of aromatic hydroxyl groups is 1. The smallest absolute Gasteiger partial charge is 0.417 e. The average molecular weight is 383 g/mol. The molecule has 27 heavy (non-hydrogen) atoms. The minimum Gasteiger partial charge on any atom is -0.500 e. The first-order valence-corrected chi connectivity index (χ1v) is 7.20. The maximum atomic E-state index is 12.9. The Labute approximate surface area is 150 Å². The molecule has 0 atom stereocenters. The number of nitro groups is 1. The van der Waals surface area contributed by atoms with Gasteiger partial charge in [-0.2, -0.15) is 18.3 Å². The van der Waals surface area contributed by atoms with E-state index in [0.29, 0.717) is 0 Å². The summed E-state index contributed by atoms with van der Waals surface area (Å²) < 4.78 is 43.5. The fraction of sp³-hybridized carbons (Fsp3) is 0.125. The first-order chi connectivity index (χ1) is 12.6. The zero-order valence-corrected chi connectivity index (χ0v) is 13.6. The number of halogens is 3. The molecule has 0 saturated carbocycles. The van der Waals surface area contributed by atoms with Gasteiger partial charge in [0.25, 0.3) is 5.91 Å².